The fraction of sp³-hybridized carbons (Fsp3) is 0.200. The normalized spacial score (nSPS) is 5.91. The van der Waals surface area contributed by atoms with Crippen molar-refractivity contribution in [3.8, 4) is 0 Å². The quantitative estimate of drug-likeness (QED) is 0.402. The molecule has 0 radical (unpaired) electrons. The molecule has 0 saturated heterocycles. The van der Waals surface area contributed by atoms with E-state index in [4.69, 9.17) is 9.90 Å². The summed E-state index contributed by atoms with van der Waals surface area (Å²) in [5, 5.41) is 10.8. The van der Waals surface area contributed by atoms with Crippen LogP contribution in [0.3, 0.4) is 0 Å². The van der Waals surface area contributed by atoms with Crippen molar-refractivity contribution in [3.05, 3.63) is 17.1 Å². The molecule has 0 aliphatic rings. The van der Waals surface area contributed by atoms with Crippen LogP contribution in [0.15, 0.2) is 17.1 Å². The minimum absolute atomic E-state index is 0. The van der Waals surface area contributed by atoms with Crippen molar-refractivity contribution in [1.29, 1.82) is 0 Å². The summed E-state index contributed by atoms with van der Waals surface area (Å²) in [4.78, 5) is 12.6. The molecule has 58 valence electrons. The van der Waals surface area contributed by atoms with Gasteiger partial charge in [0.25, 0.3) is 0 Å². The molecule has 1 rings (SSSR count). The Kier molecular flexibility index (Phi) is 21.4. The number of carboxylic acid groups (broad SMARTS) is 1. The Morgan fingerprint density at radius 3 is 2.18 bits per heavy atom. The van der Waals surface area contributed by atoms with Gasteiger partial charge >= 0.3 is 51.4 Å². The minimum Gasteiger partial charge on any atom is -0.550 e. The molecule has 1 aromatic heterocycles. The molecule has 0 saturated carbocycles. The molecule has 0 fully saturated rings. The maximum atomic E-state index is 8.89. The van der Waals surface area contributed by atoms with Gasteiger partial charge in [0.05, 0.1) is 5.51 Å². The topological polar surface area (TPSA) is 84.5 Å². The van der Waals surface area contributed by atoms with E-state index in [0.717, 1.165) is 6.92 Å². The van der Waals surface area contributed by atoms with Gasteiger partial charge in [0, 0.05) is 17.5 Å². The van der Waals surface area contributed by atoms with Gasteiger partial charge in [-0.05, 0) is 6.92 Å². The fourth-order valence-electron chi connectivity index (χ4n) is 0.176. The van der Waals surface area contributed by atoms with E-state index < -0.39 is 5.97 Å². The van der Waals surface area contributed by atoms with E-state index in [0.29, 0.717) is 0 Å². The van der Waals surface area contributed by atoms with E-state index in [1.54, 1.807) is 23.0 Å². The molecule has 0 atom stereocenters. The van der Waals surface area contributed by atoms with Gasteiger partial charge in [-0.3, -0.25) is 4.98 Å². The predicted molar refractivity (Wildman–Crippen MR) is 36.4 cm³/mol. The standard InChI is InChI=1S/C3H3NS.C2H4O2.K.H2O/c1-2-5-3-4-1;1-2(3)4;;/h1-3H;1H3,(H,3,4);;1H2/q;;+1;/p-1. The SMILES string of the molecule is CC(=O)[O-].O.[K+].c1cscn1. The summed E-state index contributed by atoms with van der Waals surface area (Å²) in [5.41, 5.74) is 1.79. The Hall–Kier alpha value is 0.696. The molecule has 11 heavy (non-hydrogen) atoms. The van der Waals surface area contributed by atoms with Crippen molar-refractivity contribution < 1.29 is 66.8 Å². The zero-order chi connectivity index (χ0) is 7.11. The van der Waals surface area contributed by atoms with Crippen LogP contribution in [0.5, 0.6) is 0 Å². The summed E-state index contributed by atoms with van der Waals surface area (Å²) in [7, 11) is 0. The van der Waals surface area contributed by atoms with Gasteiger partial charge < -0.3 is 15.4 Å². The number of carbonyl (C=O) groups is 1. The van der Waals surface area contributed by atoms with Crippen LogP contribution in [0.4, 0.5) is 0 Å². The number of hydrogen-bond donors (Lipinski definition) is 0. The van der Waals surface area contributed by atoms with E-state index in [9.17, 15) is 0 Å². The number of nitrogens with zero attached hydrogens (tertiary/aromatic N) is 1. The molecule has 1 aromatic rings. The zero-order valence-corrected chi connectivity index (χ0v) is 10.3. The average Bonchev–Trinajstić information content (AvgIpc) is 2.11. The Morgan fingerprint density at radius 1 is 1.64 bits per heavy atom. The third kappa shape index (κ3) is 24.9. The largest absolute Gasteiger partial charge is 1.00 e. The molecule has 0 spiro atoms. The van der Waals surface area contributed by atoms with Crippen LogP contribution in [-0.4, -0.2) is 16.4 Å². The van der Waals surface area contributed by atoms with Crippen LogP contribution in [0.2, 0.25) is 0 Å². The predicted octanol–water partition coefficient (Wildman–Crippen LogP) is -3.92. The van der Waals surface area contributed by atoms with Gasteiger partial charge in [-0.2, -0.15) is 0 Å². The first-order valence-electron chi connectivity index (χ1n) is 2.23. The Balaban J connectivity index is -0.000000101. The number of hydrogen-bond acceptors (Lipinski definition) is 4. The number of carbonyl (C=O) groups excluding carboxylic acids is 1. The first kappa shape index (κ1) is 17.7. The van der Waals surface area contributed by atoms with Crippen LogP contribution >= 0.6 is 11.3 Å². The number of carboxylic acids is 1. The molecular formula is C5H8KNO3S. The monoisotopic (exact) mass is 201 g/mol. The average molecular weight is 201 g/mol. The molecule has 6 heteroatoms. The molecule has 2 N–H and O–H groups in total. The molecule has 0 aliphatic heterocycles. The van der Waals surface area contributed by atoms with Crippen molar-refractivity contribution in [2.45, 2.75) is 6.92 Å². The number of thiazole rings is 1. The minimum atomic E-state index is -1.08. The summed E-state index contributed by atoms with van der Waals surface area (Å²) in [6.45, 7) is 0.972. The third-order valence-corrected chi connectivity index (χ3v) is 0.869. The molecule has 0 aliphatic carbocycles. The summed E-state index contributed by atoms with van der Waals surface area (Å²) in [5.74, 6) is -1.08. The van der Waals surface area contributed by atoms with E-state index >= 15 is 0 Å². The maximum Gasteiger partial charge on any atom is 1.00 e. The summed E-state index contributed by atoms with van der Waals surface area (Å²) < 4.78 is 0. The maximum absolute atomic E-state index is 8.89. The van der Waals surface area contributed by atoms with Gasteiger partial charge in [0.2, 0.25) is 0 Å². The molecule has 0 aromatic carbocycles. The number of aliphatic carboxylic acids is 1. The summed E-state index contributed by atoms with van der Waals surface area (Å²) >= 11 is 1.60. The molecular weight excluding hydrogens is 193 g/mol. The van der Waals surface area contributed by atoms with Crippen LogP contribution in [-0.2, 0) is 4.79 Å². The first-order chi connectivity index (χ1) is 4.23. The summed E-state index contributed by atoms with van der Waals surface area (Å²) in [6, 6.07) is 0. The zero-order valence-electron chi connectivity index (χ0n) is 6.40. The van der Waals surface area contributed by atoms with Gasteiger partial charge in [-0.25, -0.2) is 0 Å². The van der Waals surface area contributed by atoms with E-state index in [-0.39, 0.29) is 56.9 Å². The van der Waals surface area contributed by atoms with Crippen LogP contribution in [0.1, 0.15) is 6.92 Å². The molecule has 1 heterocycles. The summed E-state index contributed by atoms with van der Waals surface area (Å²) in [6.07, 6.45) is 1.77. The van der Waals surface area contributed by atoms with Crippen molar-refractivity contribution in [2.24, 2.45) is 0 Å². The van der Waals surface area contributed by atoms with Crippen LogP contribution in [0.25, 0.3) is 0 Å². The molecule has 0 bridgehead atoms. The second-order valence-electron chi connectivity index (χ2n) is 1.17. The first-order valence-corrected chi connectivity index (χ1v) is 3.17. The third-order valence-electron chi connectivity index (χ3n) is 0.347. The van der Waals surface area contributed by atoms with Crippen molar-refractivity contribution >= 4 is 17.3 Å². The van der Waals surface area contributed by atoms with Gasteiger partial charge in [-0.15, -0.1) is 11.3 Å². The Morgan fingerprint density at radius 2 is 2.09 bits per heavy atom. The second-order valence-corrected chi connectivity index (χ2v) is 1.92. The van der Waals surface area contributed by atoms with E-state index in [1.165, 1.54) is 0 Å². The van der Waals surface area contributed by atoms with Crippen LogP contribution < -0.4 is 56.5 Å². The van der Waals surface area contributed by atoms with Gasteiger partial charge in [-0.1, -0.05) is 0 Å². The number of rotatable bonds is 0. The Labute approximate surface area is 111 Å². The molecule has 0 unspecified atom stereocenters. The fourth-order valence-corrected chi connectivity index (χ4v) is 0.527. The molecule has 0 amide bonds. The van der Waals surface area contributed by atoms with Gasteiger partial charge in [0.15, 0.2) is 0 Å². The number of aromatic nitrogens is 1. The van der Waals surface area contributed by atoms with E-state index in [2.05, 4.69) is 4.98 Å². The van der Waals surface area contributed by atoms with Crippen molar-refractivity contribution in [1.82, 2.24) is 4.98 Å². The van der Waals surface area contributed by atoms with Gasteiger partial charge in [0.1, 0.15) is 0 Å². The van der Waals surface area contributed by atoms with Crippen molar-refractivity contribution in [2.75, 3.05) is 0 Å². The Bertz CT molecular complexity index is 136. The second kappa shape index (κ2) is 13.3. The molecule has 4 nitrogen and oxygen atoms in total. The van der Waals surface area contributed by atoms with Crippen molar-refractivity contribution in [3.63, 3.8) is 0 Å². The van der Waals surface area contributed by atoms with E-state index in [1.807, 2.05) is 5.38 Å². The smallest absolute Gasteiger partial charge is 0.550 e. The van der Waals surface area contributed by atoms with Crippen LogP contribution in [0, 0.1) is 0 Å².